The summed E-state index contributed by atoms with van der Waals surface area (Å²) in [6.45, 7) is 2.06. The van der Waals surface area contributed by atoms with Crippen molar-refractivity contribution in [1.82, 2.24) is 10.3 Å². The molecule has 0 spiro atoms. The van der Waals surface area contributed by atoms with Crippen molar-refractivity contribution in [3.05, 3.63) is 12.1 Å². The molecule has 1 heterocycles. The van der Waals surface area contributed by atoms with Crippen molar-refractivity contribution in [2.24, 2.45) is 0 Å². The summed E-state index contributed by atoms with van der Waals surface area (Å²) in [7, 11) is 5.63. The van der Waals surface area contributed by atoms with E-state index in [0.717, 1.165) is 25.3 Å². The van der Waals surface area contributed by atoms with E-state index < -0.39 is 0 Å². The SMILES string of the molecule is CNCCCCCCN(C)c1nc(OC)ccc1N. The van der Waals surface area contributed by atoms with E-state index in [1.165, 1.54) is 19.3 Å². The van der Waals surface area contributed by atoms with E-state index in [0.29, 0.717) is 11.6 Å². The maximum absolute atomic E-state index is 5.95. The van der Waals surface area contributed by atoms with Crippen molar-refractivity contribution >= 4 is 11.5 Å². The lowest BCUT2D eigenvalue weighted by atomic mass is 10.2. The molecule has 0 saturated heterocycles. The fourth-order valence-corrected chi connectivity index (χ4v) is 1.97. The normalized spacial score (nSPS) is 10.5. The predicted octanol–water partition coefficient (Wildman–Crippen LogP) is 1.89. The molecule has 0 atom stereocenters. The van der Waals surface area contributed by atoms with Crippen LogP contribution in [0.4, 0.5) is 11.5 Å². The van der Waals surface area contributed by atoms with Crippen LogP contribution in [0, 0.1) is 0 Å². The Kier molecular flexibility index (Phi) is 7.03. The van der Waals surface area contributed by atoms with Crippen LogP contribution >= 0.6 is 0 Å². The minimum atomic E-state index is 0.602. The van der Waals surface area contributed by atoms with E-state index in [-0.39, 0.29) is 0 Å². The zero-order chi connectivity index (χ0) is 14.1. The number of nitrogen functional groups attached to an aromatic ring is 1. The molecular weight excluding hydrogens is 240 g/mol. The molecule has 3 N–H and O–H groups in total. The van der Waals surface area contributed by atoms with Gasteiger partial charge in [-0.1, -0.05) is 12.8 Å². The van der Waals surface area contributed by atoms with Crippen molar-refractivity contribution in [3.63, 3.8) is 0 Å². The van der Waals surface area contributed by atoms with Crippen LogP contribution in [-0.2, 0) is 0 Å². The highest BCUT2D eigenvalue weighted by Crippen LogP contribution is 2.23. The Labute approximate surface area is 116 Å². The molecule has 0 bridgehead atoms. The number of unbranched alkanes of at least 4 members (excludes halogenated alkanes) is 3. The van der Waals surface area contributed by atoms with Gasteiger partial charge in [-0.25, -0.2) is 0 Å². The fraction of sp³-hybridized carbons (Fsp3) is 0.643. The van der Waals surface area contributed by atoms with Gasteiger partial charge in [-0.2, -0.15) is 4.98 Å². The molecule has 0 aromatic carbocycles. The smallest absolute Gasteiger partial charge is 0.215 e. The largest absolute Gasteiger partial charge is 0.481 e. The molecule has 0 aliphatic carbocycles. The third-order valence-corrected chi connectivity index (χ3v) is 3.12. The molecule has 19 heavy (non-hydrogen) atoms. The Bertz CT molecular complexity index is 370. The molecule has 5 heteroatoms. The summed E-state index contributed by atoms with van der Waals surface area (Å²) in [5, 5.41) is 3.16. The molecule has 0 amide bonds. The van der Waals surface area contributed by atoms with Crippen LogP contribution in [-0.4, -0.2) is 39.3 Å². The van der Waals surface area contributed by atoms with Gasteiger partial charge in [0.1, 0.15) is 0 Å². The molecule has 0 radical (unpaired) electrons. The van der Waals surface area contributed by atoms with Crippen LogP contribution in [0.25, 0.3) is 0 Å². The van der Waals surface area contributed by atoms with Gasteiger partial charge in [-0.3, -0.25) is 0 Å². The highest BCUT2D eigenvalue weighted by Gasteiger charge is 2.08. The maximum atomic E-state index is 5.95. The third kappa shape index (κ3) is 5.34. The van der Waals surface area contributed by atoms with Gasteiger partial charge < -0.3 is 20.7 Å². The standard InChI is InChI=1S/C14H26N4O/c1-16-10-6-4-5-7-11-18(2)14-12(15)8-9-13(17-14)19-3/h8-9,16H,4-7,10-11,15H2,1-3H3. The van der Waals surface area contributed by atoms with Crippen LogP contribution in [0.2, 0.25) is 0 Å². The monoisotopic (exact) mass is 266 g/mol. The van der Waals surface area contributed by atoms with Crippen molar-refractivity contribution in [1.29, 1.82) is 0 Å². The number of anilines is 2. The quantitative estimate of drug-likeness (QED) is 0.668. The van der Waals surface area contributed by atoms with Gasteiger partial charge in [-0.05, 0) is 32.5 Å². The minimum absolute atomic E-state index is 0.602. The number of methoxy groups -OCH3 is 1. The number of aromatic nitrogens is 1. The summed E-state index contributed by atoms with van der Waals surface area (Å²) in [6, 6.07) is 3.62. The molecule has 0 fully saturated rings. The van der Waals surface area contributed by atoms with Gasteiger partial charge in [0.2, 0.25) is 5.88 Å². The van der Waals surface area contributed by atoms with Gasteiger partial charge in [0.05, 0.1) is 12.8 Å². The molecule has 5 nitrogen and oxygen atoms in total. The van der Waals surface area contributed by atoms with Crippen molar-refractivity contribution in [3.8, 4) is 5.88 Å². The number of rotatable bonds is 9. The van der Waals surface area contributed by atoms with E-state index in [1.54, 1.807) is 13.2 Å². The van der Waals surface area contributed by atoms with Crippen molar-refractivity contribution < 1.29 is 4.74 Å². The lowest BCUT2D eigenvalue weighted by Gasteiger charge is -2.20. The number of ether oxygens (including phenoxy) is 1. The molecule has 0 aliphatic heterocycles. The average molecular weight is 266 g/mol. The average Bonchev–Trinajstić information content (AvgIpc) is 2.43. The first-order valence-electron chi connectivity index (χ1n) is 6.85. The number of nitrogens with one attached hydrogen (secondary N) is 1. The molecule has 0 unspecified atom stereocenters. The van der Waals surface area contributed by atoms with Crippen LogP contribution in [0.15, 0.2) is 12.1 Å². The number of nitrogens with two attached hydrogens (primary N) is 1. The Morgan fingerprint density at radius 1 is 1.26 bits per heavy atom. The van der Waals surface area contributed by atoms with E-state index in [4.69, 9.17) is 10.5 Å². The van der Waals surface area contributed by atoms with Crippen molar-refractivity contribution in [2.45, 2.75) is 25.7 Å². The molecule has 1 aromatic heterocycles. The fourth-order valence-electron chi connectivity index (χ4n) is 1.97. The molecular formula is C14H26N4O. The number of hydrogen-bond acceptors (Lipinski definition) is 5. The van der Waals surface area contributed by atoms with Gasteiger partial charge in [0, 0.05) is 19.7 Å². The van der Waals surface area contributed by atoms with Crippen LogP contribution < -0.4 is 20.7 Å². The van der Waals surface area contributed by atoms with Gasteiger partial charge in [0.15, 0.2) is 5.82 Å². The van der Waals surface area contributed by atoms with E-state index in [2.05, 4.69) is 15.2 Å². The Morgan fingerprint density at radius 2 is 2.00 bits per heavy atom. The minimum Gasteiger partial charge on any atom is -0.481 e. The summed E-state index contributed by atoms with van der Waals surface area (Å²) in [4.78, 5) is 6.48. The first-order valence-corrected chi connectivity index (χ1v) is 6.85. The highest BCUT2D eigenvalue weighted by molar-refractivity contribution is 5.63. The van der Waals surface area contributed by atoms with Crippen LogP contribution in [0.5, 0.6) is 5.88 Å². The second-order valence-electron chi connectivity index (χ2n) is 4.71. The van der Waals surface area contributed by atoms with Crippen LogP contribution in [0.1, 0.15) is 25.7 Å². The first kappa shape index (κ1) is 15.6. The molecule has 0 aliphatic rings. The predicted molar refractivity (Wildman–Crippen MR) is 80.9 cm³/mol. The van der Waals surface area contributed by atoms with E-state index >= 15 is 0 Å². The van der Waals surface area contributed by atoms with E-state index in [9.17, 15) is 0 Å². The Hall–Kier alpha value is -1.49. The van der Waals surface area contributed by atoms with Gasteiger partial charge >= 0.3 is 0 Å². The summed E-state index contributed by atoms with van der Waals surface area (Å²) in [5.41, 5.74) is 6.64. The first-order chi connectivity index (χ1) is 9.19. The summed E-state index contributed by atoms with van der Waals surface area (Å²) < 4.78 is 5.13. The number of nitrogens with zero attached hydrogens (tertiary/aromatic N) is 2. The van der Waals surface area contributed by atoms with Gasteiger partial charge in [-0.15, -0.1) is 0 Å². The zero-order valence-corrected chi connectivity index (χ0v) is 12.3. The highest BCUT2D eigenvalue weighted by atomic mass is 16.5. The second kappa shape index (κ2) is 8.58. The molecule has 1 rings (SSSR count). The second-order valence-corrected chi connectivity index (χ2v) is 4.71. The topological polar surface area (TPSA) is 63.4 Å². The van der Waals surface area contributed by atoms with Gasteiger partial charge in [0.25, 0.3) is 0 Å². The number of hydrogen-bond donors (Lipinski definition) is 2. The molecule has 1 aromatic rings. The lowest BCUT2D eigenvalue weighted by molar-refractivity contribution is 0.398. The summed E-state index contributed by atoms with van der Waals surface area (Å²) >= 11 is 0. The van der Waals surface area contributed by atoms with Crippen LogP contribution in [0.3, 0.4) is 0 Å². The number of pyridine rings is 1. The Morgan fingerprint density at radius 3 is 2.68 bits per heavy atom. The maximum Gasteiger partial charge on any atom is 0.215 e. The molecule has 0 saturated carbocycles. The summed E-state index contributed by atoms with van der Waals surface area (Å²) in [5.74, 6) is 1.40. The zero-order valence-electron chi connectivity index (χ0n) is 12.3. The lowest BCUT2D eigenvalue weighted by Crippen LogP contribution is -2.21. The van der Waals surface area contributed by atoms with Crippen molar-refractivity contribution in [2.75, 3.05) is 44.9 Å². The van der Waals surface area contributed by atoms with E-state index in [1.807, 2.05) is 20.2 Å². The summed E-state index contributed by atoms with van der Waals surface area (Å²) in [6.07, 6.45) is 4.88. The molecule has 108 valence electrons. The third-order valence-electron chi connectivity index (χ3n) is 3.12. The Balaban J connectivity index is 2.38.